The Morgan fingerprint density at radius 3 is 2.41 bits per heavy atom. The number of carbonyl (C=O) groups is 2. The third kappa shape index (κ3) is 4.16. The summed E-state index contributed by atoms with van der Waals surface area (Å²) in [5.41, 5.74) is 1.53. The van der Waals surface area contributed by atoms with Gasteiger partial charge < -0.3 is 0 Å². The molecule has 112 valence electrons. The normalized spacial score (nSPS) is 11.1. The van der Waals surface area contributed by atoms with Gasteiger partial charge in [-0.2, -0.15) is 0 Å². The first-order chi connectivity index (χ1) is 10.5. The Kier molecular flexibility index (Phi) is 5.31. The summed E-state index contributed by atoms with van der Waals surface area (Å²) in [5, 5.41) is 4.83. The van der Waals surface area contributed by atoms with E-state index < -0.39 is 11.8 Å². The van der Waals surface area contributed by atoms with Crippen molar-refractivity contribution >= 4 is 46.4 Å². The SMILES string of the molecule is C=C(C)C(=O)NC(=O)/C(=C\c1ccc(Cl)cc1)c1cccs1. The fourth-order valence-electron chi connectivity index (χ4n) is 1.68. The maximum absolute atomic E-state index is 12.4. The van der Waals surface area contributed by atoms with Gasteiger partial charge in [0.2, 0.25) is 0 Å². The first kappa shape index (κ1) is 16.2. The van der Waals surface area contributed by atoms with Crippen LogP contribution in [0.4, 0.5) is 0 Å². The van der Waals surface area contributed by atoms with Gasteiger partial charge in [-0.3, -0.25) is 14.9 Å². The van der Waals surface area contributed by atoms with Gasteiger partial charge >= 0.3 is 0 Å². The second-order valence-corrected chi connectivity index (χ2v) is 6.03. The van der Waals surface area contributed by atoms with Crippen molar-refractivity contribution in [3.8, 4) is 0 Å². The number of nitrogens with one attached hydrogen (secondary N) is 1. The van der Waals surface area contributed by atoms with Crippen LogP contribution in [-0.4, -0.2) is 11.8 Å². The largest absolute Gasteiger partial charge is 0.288 e. The summed E-state index contributed by atoms with van der Waals surface area (Å²) >= 11 is 7.29. The van der Waals surface area contributed by atoms with E-state index in [4.69, 9.17) is 11.6 Å². The van der Waals surface area contributed by atoms with Crippen LogP contribution in [0.2, 0.25) is 5.02 Å². The fourth-order valence-corrected chi connectivity index (χ4v) is 2.55. The van der Waals surface area contributed by atoms with Gasteiger partial charge in [-0.05, 0) is 42.1 Å². The van der Waals surface area contributed by atoms with Crippen molar-refractivity contribution in [2.75, 3.05) is 0 Å². The maximum atomic E-state index is 12.4. The van der Waals surface area contributed by atoms with Gasteiger partial charge in [-0.25, -0.2) is 0 Å². The molecule has 3 nitrogen and oxygen atoms in total. The van der Waals surface area contributed by atoms with Crippen molar-refractivity contribution in [1.82, 2.24) is 5.32 Å². The van der Waals surface area contributed by atoms with Crippen LogP contribution in [-0.2, 0) is 9.59 Å². The van der Waals surface area contributed by atoms with Gasteiger partial charge in [0.15, 0.2) is 0 Å². The number of carbonyl (C=O) groups excluding carboxylic acids is 2. The number of benzene rings is 1. The molecule has 0 bridgehead atoms. The molecule has 1 aromatic carbocycles. The summed E-state index contributed by atoms with van der Waals surface area (Å²) in [6, 6.07) is 10.8. The van der Waals surface area contributed by atoms with Crippen LogP contribution in [0.5, 0.6) is 0 Å². The van der Waals surface area contributed by atoms with E-state index in [1.807, 2.05) is 29.6 Å². The first-order valence-corrected chi connectivity index (χ1v) is 7.75. The molecule has 0 unspecified atom stereocenters. The second-order valence-electron chi connectivity index (χ2n) is 4.65. The highest BCUT2D eigenvalue weighted by Gasteiger charge is 2.16. The molecule has 2 rings (SSSR count). The lowest BCUT2D eigenvalue weighted by Gasteiger charge is -2.07. The summed E-state index contributed by atoms with van der Waals surface area (Å²) in [5.74, 6) is -0.936. The Bertz CT molecular complexity index is 731. The first-order valence-electron chi connectivity index (χ1n) is 6.49. The average Bonchev–Trinajstić information content (AvgIpc) is 3.00. The molecule has 22 heavy (non-hydrogen) atoms. The third-order valence-electron chi connectivity index (χ3n) is 2.83. The Morgan fingerprint density at radius 2 is 1.86 bits per heavy atom. The molecule has 0 spiro atoms. The minimum absolute atomic E-state index is 0.283. The van der Waals surface area contributed by atoms with Gasteiger partial charge in [0.1, 0.15) is 0 Å². The zero-order chi connectivity index (χ0) is 16.1. The van der Waals surface area contributed by atoms with E-state index in [9.17, 15) is 9.59 Å². The molecule has 0 saturated carbocycles. The molecule has 0 atom stereocenters. The molecule has 0 aliphatic carbocycles. The van der Waals surface area contributed by atoms with E-state index in [2.05, 4.69) is 11.9 Å². The fraction of sp³-hybridized carbons (Fsp3) is 0.0588. The topological polar surface area (TPSA) is 46.2 Å². The quantitative estimate of drug-likeness (QED) is 0.855. The average molecular weight is 332 g/mol. The number of thiophene rings is 1. The number of hydrogen-bond acceptors (Lipinski definition) is 3. The van der Waals surface area contributed by atoms with Crippen LogP contribution in [0.3, 0.4) is 0 Å². The van der Waals surface area contributed by atoms with Crippen LogP contribution in [0, 0.1) is 0 Å². The number of rotatable bonds is 4. The molecular formula is C17H14ClNO2S. The number of halogens is 1. The van der Waals surface area contributed by atoms with Crippen molar-refractivity contribution in [2.45, 2.75) is 6.92 Å². The van der Waals surface area contributed by atoms with E-state index >= 15 is 0 Å². The van der Waals surface area contributed by atoms with Crippen molar-refractivity contribution in [3.05, 3.63) is 69.4 Å². The van der Waals surface area contributed by atoms with Crippen LogP contribution >= 0.6 is 22.9 Å². The summed E-state index contributed by atoms with van der Waals surface area (Å²) in [6.45, 7) is 5.08. The lowest BCUT2D eigenvalue weighted by molar-refractivity contribution is -0.125. The molecule has 0 radical (unpaired) electrons. The van der Waals surface area contributed by atoms with E-state index in [0.717, 1.165) is 10.4 Å². The van der Waals surface area contributed by atoms with E-state index in [0.29, 0.717) is 10.6 Å². The van der Waals surface area contributed by atoms with Crippen molar-refractivity contribution in [2.24, 2.45) is 0 Å². The predicted octanol–water partition coefficient (Wildman–Crippen LogP) is 4.16. The second kappa shape index (κ2) is 7.20. The van der Waals surface area contributed by atoms with Gasteiger partial charge in [0, 0.05) is 15.5 Å². The van der Waals surface area contributed by atoms with Gasteiger partial charge in [-0.15, -0.1) is 11.3 Å². The molecular weight excluding hydrogens is 318 g/mol. The molecule has 0 fully saturated rings. The molecule has 0 saturated heterocycles. The Hall–Kier alpha value is -2.17. The van der Waals surface area contributed by atoms with E-state index in [1.54, 1.807) is 25.1 Å². The van der Waals surface area contributed by atoms with Gasteiger partial charge in [0.05, 0.1) is 5.57 Å². The van der Waals surface area contributed by atoms with Gasteiger partial charge in [-0.1, -0.05) is 36.4 Å². The molecule has 1 N–H and O–H groups in total. The van der Waals surface area contributed by atoms with Crippen LogP contribution in [0.1, 0.15) is 17.4 Å². The van der Waals surface area contributed by atoms with Crippen molar-refractivity contribution < 1.29 is 9.59 Å². The highest BCUT2D eigenvalue weighted by atomic mass is 35.5. The molecule has 1 heterocycles. The van der Waals surface area contributed by atoms with Crippen molar-refractivity contribution in [3.63, 3.8) is 0 Å². The van der Waals surface area contributed by atoms with E-state index in [1.165, 1.54) is 11.3 Å². The van der Waals surface area contributed by atoms with Crippen LogP contribution in [0.15, 0.2) is 53.9 Å². The Labute approximate surface area is 137 Å². The minimum Gasteiger partial charge on any atom is -0.288 e. The summed E-state index contributed by atoms with van der Waals surface area (Å²) in [6.07, 6.45) is 1.73. The van der Waals surface area contributed by atoms with Crippen molar-refractivity contribution in [1.29, 1.82) is 0 Å². The minimum atomic E-state index is -0.483. The monoisotopic (exact) mass is 331 g/mol. The molecule has 1 aromatic heterocycles. The van der Waals surface area contributed by atoms with Crippen LogP contribution < -0.4 is 5.32 Å². The smallest absolute Gasteiger partial charge is 0.259 e. The summed E-state index contributed by atoms with van der Waals surface area (Å²) < 4.78 is 0. The number of amides is 2. The third-order valence-corrected chi connectivity index (χ3v) is 3.98. The zero-order valence-corrected chi connectivity index (χ0v) is 13.5. The number of imide groups is 1. The van der Waals surface area contributed by atoms with Gasteiger partial charge in [0.25, 0.3) is 11.8 Å². The number of hydrogen-bond donors (Lipinski definition) is 1. The molecule has 2 aromatic rings. The zero-order valence-electron chi connectivity index (χ0n) is 11.9. The highest BCUT2D eigenvalue weighted by molar-refractivity contribution is 7.11. The standard InChI is InChI=1S/C17H14ClNO2S/c1-11(2)16(20)19-17(21)14(15-4-3-9-22-15)10-12-5-7-13(18)8-6-12/h3-10H,1H2,2H3,(H,19,20,21)/b14-10-. The summed E-state index contributed by atoms with van der Waals surface area (Å²) in [4.78, 5) is 24.8. The molecule has 2 amide bonds. The Balaban J connectivity index is 2.35. The highest BCUT2D eigenvalue weighted by Crippen LogP contribution is 2.24. The van der Waals surface area contributed by atoms with E-state index in [-0.39, 0.29) is 5.57 Å². The summed E-state index contributed by atoms with van der Waals surface area (Å²) in [7, 11) is 0. The Morgan fingerprint density at radius 1 is 1.18 bits per heavy atom. The maximum Gasteiger partial charge on any atom is 0.259 e. The lowest BCUT2D eigenvalue weighted by Crippen LogP contribution is -2.31. The lowest BCUT2D eigenvalue weighted by atomic mass is 10.1. The van der Waals surface area contributed by atoms with Crippen LogP contribution in [0.25, 0.3) is 11.6 Å². The molecule has 0 aliphatic rings. The molecule has 0 aliphatic heterocycles. The molecule has 5 heteroatoms. The predicted molar refractivity (Wildman–Crippen MR) is 91.6 cm³/mol.